The van der Waals surface area contributed by atoms with Crippen molar-refractivity contribution in [3.8, 4) is 0 Å². The smallest absolute Gasteiger partial charge is 0.287 e. The molecule has 20 heavy (non-hydrogen) atoms. The quantitative estimate of drug-likeness (QED) is 0.636. The van der Waals surface area contributed by atoms with Crippen molar-refractivity contribution in [3.05, 3.63) is 28.1 Å². The molecule has 0 aromatic carbocycles. The standard InChI is InChI=1S/C12H16N4O3.ClH/c17-12(11-5-10(6-13-11)16(18)19)15-4-3-8-1-2-9(7-15)14-8;/h5-6,8-9,13-14H,1-4,7H2;1H. The van der Waals surface area contributed by atoms with Gasteiger partial charge < -0.3 is 15.2 Å². The van der Waals surface area contributed by atoms with E-state index in [0.29, 0.717) is 30.9 Å². The molecule has 2 unspecified atom stereocenters. The number of nitrogens with one attached hydrogen (secondary N) is 2. The number of halogens is 1. The van der Waals surface area contributed by atoms with Crippen LogP contribution < -0.4 is 5.32 Å². The molecule has 2 bridgehead atoms. The van der Waals surface area contributed by atoms with E-state index in [1.807, 2.05) is 0 Å². The second-order valence-electron chi connectivity index (χ2n) is 5.21. The van der Waals surface area contributed by atoms with Crippen LogP contribution in [0, 0.1) is 10.1 Å². The van der Waals surface area contributed by atoms with Gasteiger partial charge >= 0.3 is 0 Å². The zero-order valence-corrected chi connectivity index (χ0v) is 11.7. The highest BCUT2D eigenvalue weighted by Gasteiger charge is 2.32. The Morgan fingerprint density at radius 1 is 1.35 bits per heavy atom. The third-order valence-corrected chi connectivity index (χ3v) is 3.92. The van der Waals surface area contributed by atoms with Gasteiger partial charge in [0.25, 0.3) is 11.6 Å². The van der Waals surface area contributed by atoms with Crippen molar-refractivity contribution in [1.82, 2.24) is 15.2 Å². The number of hydrogen-bond donors (Lipinski definition) is 2. The molecule has 3 rings (SSSR count). The molecule has 2 aliphatic heterocycles. The summed E-state index contributed by atoms with van der Waals surface area (Å²) in [4.78, 5) is 26.9. The summed E-state index contributed by atoms with van der Waals surface area (Å²) in [6.07, 6.45) is 4.49. The minimum atomic E-state index is -0.501. The van der Waals surface area contributed by atoms with E-state index in [1.54, 1.807) is 4.90 Å². The van der Waals surface area contributed by atoms with Crippen molar-refractivity contribution < 1.29 is 9.72 Å². The average Bonchev–Trinajstić information content (AvgIpc) is 2.95. The van der Waals surface area contributed by atoms with Crippen LogP contribution in [0.15, 0.2) is 12.3 Å². The number of fused-ring (bicyclic) bond motifs is 2. The van der Waals surface area contributed by atoms with E-state index in [9.17, 15) is 14.9 Å². The van der Waals surface area contributed by atoms with Crippen molar-refractivity contribution in [2.75, 3.05) is 13.1 Å². The van der Waals surface area contributed by atoms with Gasteiger partial charge in [0.15, 0.2) is 0 Å². The molecule has 1 aromatic rings. The summed E-state index contributed by atoms with van der Waals surface area (Å²) in [6.45, 7) is 1.39. The maximum absolute atomic E-state index is 12.3. The van der Waals surface area contributed by atoms with Crippen LogP contribution in [0.4, 0.5) is 5.69 Å². The summed E-state index contributed by atoms with van der Waals surface area (Å²) in [5.74, 6) is -0.151. The number of nitrogens with zero attached hydrogens (tertiary/aromatic N) is 2. The first-order valence-corrected chi connectivity index (χ1v) is 6.51. The van der Waals surface area contributed by atoms with Gasteiger partial charge in [0.1, 0.15) is 5.69 Å². The monoisotopic (exact) mass is 300 g/mol. The van der Waals surface area contributed by atoms with Crippen LogP contribution in [-0.2, 0) is 0 Å². The van der Waals surface area contributed by atoms with Crippen molar-refractivity contribution in [2.45, 2.75) is 31.3 Å². The number of likely N-dealkylation sites (tertiary alicyclic amines) is 1. The van der Waals surface area contributed by atoms with Gasteiger partial charge in [-0.15, -0.1) is 12.4 Å². The molecule has 1 amide bonds. The Morgan fingerprint density at radius 2 is 2.10 bits per heavy atom. The molecule has 2 N–H and O–H groups in total. The molecule has 110 valence electrons. The van der Waals surface area contributed by atoms with Crippen LogP contribution in [0.3, 0.4) is 0 Å². The normalized spacial score (nSPS) is 24.9. The second kappa shape index (κ2) is 5.80. The Bertz CT molecular complexity index is 519. The number of hydrogen-bond acceptors (Lipinski definition) is 4. The van der Waals surface area contributed by atoms with Crippen LogP contribution in [0.2, 0.25) is 0 Å². The average molecular weight is 301 g/mol. The first kappa shape index (κ1) is 14.8. The zero-order valence-electron chi connectivity index (χ0n) is 10.9. The first-order valence-electron chi connectivity index (χ1n) is 6.51. The molecule has 2 aliphatic rings. The fourth-order valence-corrected chi connectivity index (χ4v) is 2.91. The number of aromatic nitrogens is 1. The van der Waals surface area contributed by atoms with Gasteiger partial charge in [0.2, 0.25) is 0 Å². The predicted molar refractivity (Wildman–Crippen MR) is 75.2 cm³/mol. The highest BCUT2D eigenvalue weighted by Crippen LogP contribution is 2.22. The third-order valence-electron chi connectivity index (χ3n) is 3.92. The zero-order chi connectivity index (χ0) is 13.4. The van der Waals surface area contributed by atoms with E-state index in [2.05, 4.69) is 10.3 Å². The van der Waals surface area contributed by atoms with Crippen molar-refractivity contribution >= 4 is 24.0 Å². The topological polar surface area (TPSA) is 91.3 Å². The summed E-state index contributed by atoms with van der Waals surface area (Å²) in [6, 6.07) is 2.18. The summed E-state index contributed by atoms with van der Waals surface area (Å²) >= 11 is 0. The van der Waals surface area contributed by atoms with Crippen LogP contribution in [0.25, 0.3) is 0 Å². The van der Waals surface area contributed by atoms with Gasteiger partial charge in [0.05, 0.1) is 11.1 Å². The Hall–Kier alpha value is -1.60. The van der Waals surface area contributed by atoms with Gasteiger partial charge in [-0.1, -0.05) is 0 Å². The number of aromatic amines is 1. The minimum Gasteiger partial charge on any atom is -0.351 e. The highest BCUT2D eigenvalue weighted by molar-refractivity contribution is 5.93. The van der Waals surface area contributed by atoms with E-state index in [1.165, 1.54) is 18.7 Å². The number of carbonyl (C=O) groups excluding carboxylic acids is 1. The van der Waals surface area contributed by atoms with Crippen molar-refractivity contribution in [3.63, 3.8) is 0 Å². The van der Waals surface area contributed by atoms with Gasteiger partial charge in [0, 0.05) is 31.2 Å². The number of rotatable bonds is 2. The minimum absolute atomic E-state index is 0. The van der Waals surface area contributed by atoms with E-state index in [4.69, 9.17) is 0 Å². The van der Waals surface area contributed by atoms with Gasteiger partial charge in [-0.3, -0.25) is 14.9 Å². The Morgan fingerprint density at radius 3 is 2.80 bits per heavy atom. The molecule has 7 nitrogen and oxygen atoms in total. The van der Waals surface area contributed by atoms with Crippen LogP contribution in [-0.4, -0.2) is 45.9 Å². The number of H-pyrrole nitrogens is 1. The van der Waals surface area contributed by atoms with Crippen LogP contribution >= 0.6 is 12.4 Å². The Kier molecular flexibility index (Phi) is 4.29. The summed E-state index contributed by atoms with van der Waals surface area (Å²) < 4.78 is 0. The lowest BCUT2D eigenvalue weighted by Gasteiger charge is -2.23. The molecule has 0 radical (unpaired) electrons. The Labute approximate surface area is 122 Å². The first-order chi connectivity index (χ1) is 9.13. The molecule has 2 fully saturated rings. The fraction of sp³-hybridized carbons (Fsp3) is 0.583. The summed E-state index contributed by atoms with van der Waals surface area (Å²) in [7, 11) is 0. The maximum Gasteiger partial charge on any atom is 0.287 e. The van der Waals surface area contributed by atoms with E-state index >= 15 is 0 Å². The summed E-state index contributed by atoms with van der Waals surface area (Å²) in [5, 5.41) is 14.1. The summed E-state index contributed by atoms with van der Waals surface area (Å²) in [5.41, 5.74) is 0.224. The maximum atomic E-state index is 12.3. The van der Waals surface area contributed by atoms with Crippen LogP contribution in [0.1, 0.15) is 29.8 Å². The SMILES string of the molecule is Cl.O=C(c1cc([N+](=O)[O-])c[nH]1)N1CCC2CCC(C1)N2. The van der Waals surface area contributed by atoms with E-state index in [-0.39, 0.29) is 24.0 Å². The van der Waals surface area contributed by atoms with Gasteiger partial charge in [-0.2, -0.15) is 0 Å². The molecule has 0 aliphatic carbocycles. The number of amides is 1. The number of nitro groups is 1. The van der Waals surface area contributed by atoms with E-state index in [0.717, 1.165) is 12.8 Å². The van der Waals surface area contributed by atoms with E-state index < -0.39 is 4.92 Å². The second-order valence-corrected chi connectivity index (χ2v) is 5.21. The molecular formula is C12H17ClN4O3. The lowest BCUT2D eigenvalue weighted by Crippen LogP contribution is -2.39. The van der Waals surface area contributed by atoms with Gasteiger partial charge in [-0.05, 0) is 19.3 Å². The van der Waals surface area contributed by atoms with Crippen LogP contribution in [0.5, 0.6) is 0 Å². The molecule has 3 heterocycles. The molecule has 2 atom stereocenters. The molecule has 0 saturated carbocycles. The van der Waals surface area contributed by atoms with Gasteiger partial charge in [-0.25, -0.2) is 0 Å². The largest absolute Gasteiger partial charge is 0.351 e. The van der Waals surface area contributed by atoms with Crippen molar-refractivity contribution in [2.24, 2.45) is 0 Å². The Balaban J connectivity index is 0.00000147. The number of carbonyl (C=O) groups is 1. The molecule has 1 aromatic heterocycles. The fourth-order valence-electron chi connectivity index (χ4n) is 2.91. The van der Waals surface area contributed by atoms with Crippen molar-refractivity contribution in [1.29, 1.82) is 0 Å². The highest BCUT2D eigenvalue weighted by atomic mass is 35.5. The lowest BCUT2D eigenvalue weighted by atomic mass is 10.1. The molecule has 2 saturated heterocycles. The third kappa shape index (κ3) is 2.78. The molecule has 8 heteroatoms. The molecule has 0 spiro atoms. The molecular weight excluding hydrogens is 284 g/mol. The lowest BCUT2D eigenvalue weighted by molar-refractivity contribution is -0.384. The predicted octanol–water partition coefficient (Wildman–Crippen LogP) is 1.31.